The van der Waals surface area contributed by atoms with Crippen molar-refractivity contribution in [3.8, 4) is 6.07 Å². The Bertz CT molecular complexity index is 850. The number of aromatic nitrogens is 4. The number of nitrogens with zero attached hydrogens (tertiary/aromatic N) is 4. The molecular formula is C14H15N7. The predicted molar refractivity (Wildman–Crippen MR) is 81.6 cm³/mol. The van der Waals surface area contributed by atoms with Crippen LogP contribution in [0.2, 0.25) is 0 Å². The van der Waals surface area contributed by atoms with Crippen LogP contribution in [0, 0.1) is 18.3 Å². The molecule has 106 valence electrons. The first-order chi connectivity index (χ1) is 10.1. The van der Waals surface area contributed by atoms with E-state index in [2.05, 4.69) is 31.8 Å². The molecule has 7 nitrogen and oxygen atoms in total. The summed E-state index contributed by atoms with van der Waals surface area (Å²) in [7, 11) is 3.71. The molecule has 0 aromatic carbocycles. The highest BCUT2D eigenvalue weighted by Gasteiger charge is 2.12. The average Bonchev–Trinajstić information content (AvgIpc) is 3.04. The van der Waals surface area contributed by atoms with Crippen molar-refractivity contribution in [2.75, 3.05) is 17.7 Å². The highest BCUT2D eigenvalue weighted by molar-refractivity contribution is 5.96. The normalized spacial score (nSPS) is 10.6. The van der Waals surface area contributed by atoms with Crippen LogP contribution in [0.5, 0.6) is 0 Å². The minimum atomic E-state index is 0.575. The Morgan fingerprint density at radius 2 is 2.19 bits per heavy atom. The molecule has 0 bridgehead atoms. The van der Waals surface area contributed by atoms with Crippen LogP contribution in [0.3, 0.4) is 0 Å². The lowest BCUT2D eigenvalue weighted by Gasteiger charge is -2.09. The van der Waals surface area contributed by atoms with E-state index in [9.17, 15) is 0 Å². The van der Waals surface area contributed by atoms with E-state index in [1.165, 1.54) is 0 Å². The average molecular weight is 281 g/mol. The van der Waals surface area contributed by atoms with Gasteiger partial charge in [-0.2, -0.15) is 10.4 Å². The maximum atomic E-state index is 9.14. The van der Waals surface area contributed by atoms with Crippen LogP contribution in [0.15, 0.2) is 18.5 Å². The van der Waals surface area contributed by atoms with Crippen molar-refractivity contribution in [2.24, 2.45) is 7.05 Å². The van der Waals surface area contributed by atoms with Gasteiger partial charge in [-0.15, -0.1) is 0 Å². The fourth-order valence-electron chi connectivity index (χ4n) is 2.24. The van der Waals surface area contributed by atoms with Crippen molar-refractivity contribution >= 4 is 28.2 Å². The van der Waals surface area contributed by atoms with Gasteiger partial charge >= 0.3 is 0 Å². The lowest BCUT2D eigenvalue weighted by molar-refractivity contribution is 0.740. The zero-order valence-electron chi connectivity index (χ0n) is 12.0. The second-order valence-electron chi connectivity index (χ2n) is 4.74. The topological polar surface area (TPSA) is 94.3 Å². The lowest BCUT2D eigenvalue weighted by Crippen LogP contribution is -1.99. The fourth-order valence-corrected chi connectivity index (χ4v) is 2.24. The molecule has 0 atom stereocenters. The van der Waals surface area contributed by atoms with Crippen molar-refractivity contribution in [2.45, 2.75) is 6.92 Å². The number of nitriles is 1. The summed E-state index contributed by atoms with van der Waals surface area (Å²) >= 11 is 0. The van der Waals surface area contributed by atoms with E-state index >= 15 is 0 Å². The molecule has 3 N–H and O–H groups in total. The highest BCUT2D eigenvalue weighted by Crippen LogP contribution is 2.29. The number of hydrogen-bond acceptors (Lipinski definition) is 5. The largest absolute Gasteiger partial charge is 0.387 e. The molecule has 0 unspecified atom stereocenters. The van der Waals surface area contributed by atoms with Crippen LogP contribution in [-0.2, 0) is 7.05 Å². The number of anilines is 3. The summed E-state index contributed by atoms with van der Waals surface area (Å²) < 4.78 is 1.79. The van der Waals surface area contributed by atoms with Crippen molar-refractivity contribution in [1.82, 2.24) is 19.7 Å². The Balaban J connectivity index is 2.08. The predicted octanol–water partition coefficient (Wildman–Crippen LogP) is 2.26. The molecule has 0 saturated heterocycles. The van der Waals surface area contributed by atoms with Gasteiger partial charge in [-0.25, -0.2) is 4.98 Å². The third-order valence-electron chi connectivity index (χ3n) is 3.53. The van der Waals surface area contributed by atoms with Crippen molar-refractivity contribution in [3.63, 3.8) is 0 Å². The van der Waals surface area contributed by atoms with Gasteiger partial charge in [0, 0.05) is 32.0 Å². The second-order valence-corrected chi connectivity index (χ2v) is 4.74. The summed E-state index contributed by atoms with van der Waals surface area (Å²) in [5.74, 6) is 0.689. The summed E-state index contributed by atoms with van der Waals surface area (Å²) in [6.45, 7) is 1.98. The highest BCUT2D eigenvalue weighted by atomic mass is 15.3. The monoisotopic (exact) mass is 281 g/mol. The van der Waals surface area contributed by atoms with Crippen LogP contribution in [0.4, 0.5) is 17.2 Å². The molecule has 0 saturated carbocycles. The number of aryl methyl sites for hydroxylation is 1. The summed E-state index contributed by atoms with van der Waals surface area (Å²) in [6, 6.07) is 4.04. The minimum Gasteiger partial charge on any atom is -0.387 e. The van der Waals surface area contributed by atoms with Gasteiger partial charge in [0.15, 0.2) is 0 Å². The van der Waals surface area contributed by atoms with E-state index in [0.29, 0.717) is 17.0 Å². The van der Waals surface area contributed by atoms with E-state index in [0.717, 1.165) is 22.5 Å². The Hall–Kier alpha value is -3.01. The van der Waals surface area contributed by atoms with Crippen LogP contribution in [-0.4, -0.2) is 26.8 Å². The molecule has 0 fully saturated rings. The first kappa shape index (κ1) is 13.0. The number of hydrogen-bond donors (Lipinski definition) is 3. The maximum Gasteiger partial charge on any atom is 0.143 e. The van der Waals surface area contributed by atoms with E-state index in [4.69, 9.17) is 5.26 Å². The molecule has 0 spiro atoms. The molecule has 3 heterocycles. The van der Waals surface area contributed by atoms with Crippen molar-refractivity contribution in [3.05, 3.63) is 29.7 Å². The first-order valence-electron chi connectivity index (χ1n) is 6.49. The third-order valence-corrected chi connectivity index (χ3v) is 3.53. The van der Waals surface area contributed by atoms with Crippen LogP contribution >= 0.6 is 0 Å². The zero-order chi connectivity index (χ0) is 15.0. The molecule has 3 aromatic rings. The Kier molecular flexibility index (Phi) is 2.99. The number of rotatable bonds is 3. The maximum absolute atomic E-state index is 9.14. The number of aromatic amines is 1. The first-order valence-corrected chi connectivity index (χ1v) is 6.49. The number of fused-ring (bicyclic) bond motifs is 1. The molecule has 0 amide bonds. The molecule has 3 aromatic heterocycles. The van der Waals surface area contributed by atoms with Crippen molar-refractivity contribution < 1.29 is 0 Å². The van der Waals surface area contributed by atoms with Crippen LogP contribution < -0.4 is 10.6 Å². The van der Waals surface area contributed by atoms with Crippen LogP contribution in [0.25, 0.3) is 11.0 Å². The molecule has 3 rings (SSSR count). The van der Waals surface area contributed by atoms with Gasteiger partial charge in [0.1, 0.15) is 17.5 Å². The van der Waals surface area contributed by atoms with Gasteiger partial charge in [0.2, 0.25) is 0 Å². The summed E-state index contributed by atoms with van der Waals surface area (Å²) in [4.78, 5) is 7.53. The Labute approximate surface area is 121 Å². The summed E-state index contributed by atoms with van der Waals surface area (Å²) in [6.07, 6.45) is 3.42. The second kappa shape index (κ2) is 4.83. The molecule has 0 aliphatic heterocycles. The fraction of sp³-hybridized carbons (Fsp3) is 0.214. The van der Waals surface area contributed by atoms with E-state index in [-0.39, 0.29) is 0 Å². The molecule has 21 heavy (non-hydrogen) atoms. The van der Waals surface area contributed by atoms with E-state index in [1.807, 2.05) is 27.1 Å². The molecule has 0 aliphatic rings. The van der Waals surface area contributed by atoms with Gasteiger partial charge in [0.25, 0.3) is 0 Å². The van der Waals surface area contributed by atoms with Crippen LogP contribution in [0.1, 0.15) is 11.3 Å². The van der Waals surface area contributed by atoms with E-state index in [1.54, 1.807) is 17.1 Å². The molecule has 0 aliphatic carbocycles. The minimum absolute atomic E-state index is 0.575. The van der Waals surface area contributed by atoms with Crippen molar-refractivity contribution in [1.29, 1.82) is 5.26 Å². The lowest BCUT2D eigenvalue weighted by atomic mass is 10.2. The summed E-state index contributed by atoms with van der Waals surface area (Å²) in [5, 5.41) is 20.5. The van der Waals surface area contributed by atoms with E-state index < -0.39 is 0 Å². The standard InChI is InChI=1S/C14H15N7/c1-8-11(7-18-21(8)3)19-12-4-10(16-2)13-9(5-15)6-17-14(13)20-12/h4,6-7H,1-3H3,(H3,16,17,19,20). The zero-order valence-corrected chi connectivity index (χ0v) is 12.0. The van der Waals surface area contributed by atoms with Gasteiger partial charge in [-0.05, 0) is 6.92 Å². The SMILES string of the molecule is CNc1cc(Nc2cnn(C)c2C)nc2[nH]cc(C#N)c12. The third kappa shape index (κ3) is 2.07. The molecule has 7 heteroatoms. The molecular weight excluding hydrogens is 266 g/mol. The summed E-state index contributed by atoms with van der Waals surface area (Å²) in [5.41, 5.74) is 4.01. The quantitative estimate of drug-likeness (QED) is 0.684. The van der Waals surface area contributed by atoms with Gasteiger partial charge in [0.05, 0.1) is 28.5 Å². The molecule has 0 radical (unpaired) electrons. The number of pyridine rings is 1. The Morgan fingerprint density at radius 1 is 1.38 bits per heavy atom. The Morgan fingerprint density at radius 3 is 2.81 bits per heavy atom. The van der Waals surface area contributed by atoms with Gasteiger partial charge in [-0.1, -0.05) is 0 Å². The number of H-pyrrole nitrogens is 1. The number of nitrogens with one attached hydrogen (secondary N) is 3. The van der Waals surface area contributed by atoms with Gasteiger partial charge in [-0.3, -0.25) is 4.68 Å². The smallest absolute Gasteiger partial charge is 0.143 e. The van der Waals surface area contributed by atoms with Gasteiger partial charge < -0.3 is 15.6 Å².